The molecule has 4 aliphatic rings. The van der Waals surface area contributed by atoms with Gasteiger partial charge < -0.3 is 25.2 Å². The third-order valence-electron chi connectivity index (χ3n) is 9.11. The van der Waals surface area contributed by atoms with Crippen LogP contribution in [0.3, 0.4) is 0 Å². The van der Waals surface area contributed by atoms with Crippen molar-refractivity contribution in [3.05, 3.63) is 12.2 Å². The molecule has 0 aromatic carbocycles. The van der Waals surface area contributed by atoms with E-state index in [1.165, 1.54) is 6.92 Å². The van der Waals surface area contributed by atoms with Crippen LogP contribution in [0.15, 0.2) is 12.2 Å². The molecule has 0 unspecified atom stereocenters. The van der Waals surface area contributed by atoms with Crippen LogP contribution in [0.1, 0.15) is 59.8 Å². The van der Waals surface area contributed by atoms with Crippen LogP contribution in [0.4, 0.5) is 0 Å². The number of ether oxygens (including phenoxy) is 1. The highest BCUT2D eigenvalue weighted by molar-refractivity contribution is 5.66. The zero-order valence-electron chi connectivity index (χ0n) is 17.3. The van der Waals surface area contributed by atoms with Crippen molar-refractivity contribution < 1.29 is 30.0 Å². The Balaban J connectivity index is 1.89. The monoisotopic (exact) mass is 394 g/mol. The number of aliphatic hydroxyl groups is 4. The van der Waals surface area contributed by atoms with Crippen molar-refractivity contribution in [2.45, 2.75) is 89.3 Å². The molecule has 0 aliphatic heterocycles. The molecule has 0 heterocycles. The van der Waals surface area contributed by atoms with Gasteiger partial charge in [0.2, 0.25) is 0 Å². The van der Waals surface area contributed by atoms with Gasteiger partial charge in [0, 0.05) is 29.6 Å². The van der Waals surface area contributed by atoms with Crippen LogP contribution in [0.25, 0.3) is 0 Å². The summed E-state index contributed by atoms with van der Waals surface area (Å²) < 4.78 is 5.78. The minimum absolute atomic E-state index is 0.0225. The van der Waals surface area contributed by atoms with Gasteiger partial charge in [-0.05, 0) is 44.9 Å². The van der Waals surface area contributed by atoms with Gasteiger partial charge in [0.1, 0.15) is 11.7 Å². The normalized spacial score (nSPS) is 54.6. The Morgan fingerprint density at radius 1 is 1.11 bits per heavy atom. The summed E-state index contributed by atoms with van der Waals surface area (Å²) in [5, 5.41) is 45.7. The standard InChI is InChI=1S/C22H34O6/c1-11-9-21-10-17(25)22(27)15(8-16(24)19(22,3)4)20(5,26)14(21)7-6-13(11)18(21)28-12(2)23/h13-18,24-27H,1,6-10H2,2-5H3/t13-,14-,15-,16-,17+,18+,20+,21+,22-/m0/s1. The topological polar surface area (TPSA) is 107 Å². The highest BCUT2D eigenvalue weighted by Crippen LogP contribution is 2.69. The Morgan fingerprint density at radius 3 is 2.36 bits per heavy atom. The zero-order chi connectivity index (χ0) is 20.9. The third kappa shape index (κ3) is 2.21. The highest BCUT2D eigenvalue weighted by Gasteiger charge is 2.75. The number of fused-ring (bicyclic) bond motifs is 2. The molecule has 4 fully saturated rings. The second-order valence-corrected chi connectivity index (χ2v) is 10.6. The summed E-state index contributed by atoms with van der Waals surface area (Å²) in [6, 6.07) is 0. The first-order valence-corrected chi connectivity index (χ1v) is 10.5. The molecule has 6 nitrogen and oxygen atoms in total. The van der Waals surface area contributed by atoms with Crippen LogP contribution in [0.5, 0.6) is 0 Å². The molecule has 2 bridgehead atoms. The number of rotatable bonds is 1. The smallest absolute Gasteiger partial charge is 0.302 e. The second kappa shape index (κ2) is 5.81. The van der Waals surface area contributed by atoms with Crippen LogP contribution in [0.2, 0.25) is 0 Å². The molecule has 28 heavy (non-hydrogen) atoms. The maximum atomic E-state index is 11.9. The van der Waals surface area contributed by atoms with Crippen molar-refractivity contribution in [1.82, 2.24) is 0 Å². The lowest BCUT2D eigenvalue weighted by Crippen LogP contribution is -2.60. The molecule has 158 valence electrons. The molecule has 0 aromatic rings. The Bertz CT molecular complexity index is 714. The van der Waals surface area contributed by atoms with E-state index < -0.39 is 46.3 Å². The second-order valence-electron chi connectivity index (χ2n) is 10.6. The van der Waals surface area contributed by atoms with Gasteiger partial charge in [0.15, 0.2) is 0 Å². The minimum atomic E-state index is -1.64. The van der Waals surface area contributed by atoms with Gasteiger partial charge in [-0.3, -0.25) is 4.79 Å². The van der Waals surface area contributed by atoms with Crippen LogP contribution in [0, 0.1) is 28.6 Å². The third-order valence-corrected chi connectivity index (χ3v) is 9.11. The fraction of sp³-hybridized carbons (Fsp3) is 0.864. The minimum Gasteiger partial charge on any atom is -0.461 e. The van der Waals surface area contributed by atoms with E-state index in [2.05, 4.69) is 6.58 Å². The lowest BCUT2D eigenvalue weighted by molar-refractivity contribution is -0.201. The maximum absolute atomic E-state index is 11.9. The van der Waals surface area contributed by atoms with Crippen molar-refractivity contribution in [1.29, 1.82) is 0 Å². The Kier molecular flexibility index (Phi) is 4.22. The molecule has 6 heteroatoms. The molecule has 0 saturated heterocycles. The Hall–Kier alpha value is -0.950. The summed E-state index contributed by atoms with van der Waals surface area (Å²) in [4.78, 5) is 11.9. The first-order chi connectivity index (χ1) is 12.8. The van der Waals surface area contributed by atoms with E-state index in [0.717, 1.165) is 12.0 Å². The first kappa shape index (κ1) is 20.3. The molecule has 1 spiro atoms. The predicted molar refractivity (Wildman–Crippen MR) is 102 cm³/mol. The van der Waals surface area contributed by atoms with Gasteiger partial charge in [0.05, 0.1) is 17.8 Å². The van der Waals surface area contributed by atoms with Gasteiger partial charge in [-0.25, -0.2) is 0 Å². The number of carbonyl (C=O) groups is 1. The summed E-state index contributed by atoms with van der Waals surface area (Å²) in [5.74, 6) is -1.30. The molecule has 9 atom stereocenters. The fourth-order valence-corrected chi connectivity index (χ4v) is 7.68. The van der Waals surface area contributed by atoms with Gasteiger partial charge in [0.25, 0.3) is 0 Å². The van der Waals surface area contributed by atoms with Gasteiger partial charge in [-0.2, -0.15) is 0 Å². The van der Waals surface area contributed by atoms with Crippen molar-refractivity contribution in [3.8, 4) is 0 Å². The number of hydrogen-bond acceptors (Lipinski definition) is 6. The molecular formula is C22H34O6. The average Bonchev–Trinajstić information content (AvgIpc) is 2.82. The summed E-state index contributed by atoms with van der Waals surface area (Å²) in [5.41, 5.74) is -3.60. The molecule has 0 radical (unpaired) electrons. The van der Waals surface area contributed by atoms with Gasteiger partial charge >= 0.3 is 5.97 Å². The first-order valence-electron chi connectivity index (χ1n) is 10.5. The van der Waals surface area contributed by atoms with E-state index in [1.54, 1.807) is 20.8 Å². The summed E-state index contributed by atoms with van der Waals surface area (Å²) in [7, 11) is 0. The summed E-state index contributed by atoms with van der Waals surface area (Å²) in [6.45, 7) is 10.8. The molecule has 0 aromatic heterocycles. The van der Waals surface area contributed by atoms with Crippen molar-refractivity contribution >= 4 is 5.97 Å². The quantitative estimate of drug-likeness (QED) is 0.397. The lowest BCUT2D eigenvalue weighted by Gasteiger charge is -2.51. The van der Waals surface area contributed by atoms with E-state index in [4.69, 9.17) is 4.74 Å². The number of esters is 1. The Morgan fingerprint density at radius 2 is 1.75 bits per heavy atom. The average molecular weight is 395 g/mol. The molecule has 4 rings (SSSR count). The summed E-state index contributed by atoms with van der Waals surface area (Å²) in [6.07, 6.45) is 0.0528. The molecule has 4 aliphatic carbocycles. The molecule has 0 amide bonds. The zero-order valence-corrected chi connectivity index (χ0v) is 17.3. The van der Waals surface area contributed by atoms with E-state index in [-0.39, 0.29) is 30.6 Å². The lowest BCUT2D eigenvalue weighted by atomic mass is 9.57. The SMILES string of the molecule is C=C1C[C@@]23C[C@@H](O)[C@@]4(O)[C@@H](C[C@H](O)C4(C)C)[C@](C)(O)[C@@H]2CC[C@@H]1[C@H]3OC(C)=O. The number of aliphatic hydroxyl groups excluding tert-OH is 2. The Labute approximate surface area is 166 Å². The largest absolute Gasteiger partial charge is 0.461 e. The molecule has 4 N–H and O–H groups in total. The van der Waals surface area contributed by atoms with E-state index >= 15 is 0 Å². The van der Waals surface area contributed by atoms with Crippen LogP contribution in [-0.2, 0) is 9.53 Å². The van der Waals surface area contributed by atoms with Gasteiger partial charge in [-0.15, -0.1) is 0 Å². The maximum Gasteiger partial charge on any atom is 0.302 e. The van der Waals surface area contributed by atoms with Crippen molar-refractivity contribution in [2.24, 2.45) is 28.6 Å². The number of carbonyl (C=O) groups excluding carboxylic acids is 1. The van der Waals surface area contributed by atoms with E-state index in [0.29, 0.717) is 12.8 Å². The highest BCUT2D eigenvalue weighted by atomic mass is 16.5. The van der Waals surface area contributed by atoms with Crippen molar-refractivity contribution in [2.75, 3.05) is 0 Å². The van der Waals surface area contributed by atoms with Crippen LogP contribution >= 0.6 is 0 Å². The predicted octanol–water partition coefficient (Wildman–Crippen LogP) is 1.54. The van der Waals surface area contributed by atoms with Crippen LogP contribution in [-0.4, -0.2) is 55.9 Å². The van der Waals surface area contributed by atoms with E-state index in [9.17, 15) is 25.2 Å². The van der Waals surface area contributed by atoms with Crippen molar-refractivity contribution in [3.63, 3.8) is 0 Å². The summed E-state index contributed by atoms with van der Waals surface area (Å²) >= 11 is 0. The molecular weight excluding hydrogens is 360 g/mol. The molecule has 4 saturated carbocycles. The number of hydrogen-bond donors (Lipinski definition) is 4. The van der Waals surface area contributed by atoms with E-state index in [1.807, 2.05) is 0 Å². The van der Waals surface area contributed by atoms with Gasteiger partial charge in [-0.1, -0.05) is 26.0 Å². The fourth-order valence-electron chi connectivity index (χ4n) is 7.68. The van der Waals surface area contributed by atoms with Crippen LogP contribution < -0.4 is 0 Å².